The molecule has 1 unspecified atom stereocenters. The van der Waals surface area contributed by atoms with Crippen LogP contribution in [0.4, 0.5) is 0 Å². The van der Waals surface area contributed by atoms with E-state index in [1.165, 1.54) is 0 Å². The summed E-state index contributed by atoms with van der Waals surface area (Å²) >= 11 is 0. The molecule has 0 aliphatic heterocycles. The van der Waals surface area contributed by atoms with E-state index in [0.717, 1.165) is 11.1 Å². The zero-order chi connectivity index (χ0) is 18.9. The molecule has 0 aliphatic rings. The molecule has 1 atom stereocenters. The molecule has 148 valence electrons. The van der Waals surface area contributed by atoms with Crippen LogP contribution in [0.1, 0.15) is 23.6 Å². The van der Waals surface area contributed by atoms with Gasteiger partial charge in [0.05, 0.1) is 21.3 Å². The molecule has 0 saturated carbocycles. The molecule has 0 bridgehead atoms. The largest absolute Gasteiger partial charge is 0.496 e. The summed E-state index contributed by atoms with van der Waals surface area (Å²) in [6.45, 7) is 0.458. The zero-order valence-electron chi connectivity index (χ0n) is 15.9. The van der Waals surface area contributed by atoms with E-state index in [-0.39, 0.29) is 30.8 Å². The van der Waals surface area contributed by atoms with Crippen molar-refractivity contribution in [1.82, 2.24) is 5.32 Å². The van der Waals surface area contributed by atoms with Crippen LogP contribution in [0.15, 0.2) is 42.5 Å². The van der Waals surface area contributed by atoms with Crippen molar-refractivity contribution >= 4 is 18.3 Å². The third kappa shape index (κ3) is 6.34. The van der Waals surface area contributed by atoms with E-state index in [2.05, 4.69) is 5.32 Å². The van der Waals surface area contributed by atoms with Crippen LogP contribution in [-0.2, 0) is 11.2 Å². The molecule has 2 rings (SSSR count). The fraction of sp³-hybridized carbons (Fsp3) is 0.350. The van der Waals surface area contributed by atoms with Gasteiger partial charge in [0.1, 0.15) is 17.2 Å². The third-order valence-corrected chi connectivity index (χ3v) is 4.15. The van der Waals surface area contributed by atoms with Gasteiger partial charge in [-0.2, -0.15) is 0 Å². The van der Waals surface area contributed by atoms with E-state index >= 15 is 0 Å². The van der Waals surface area contributed by atoms with Gasteiger partial charge in [0.15, 0.2) is 0 Å². The predicted molar refractivity (Wildman–Crippen MR) is 108 cm³/mol. The first-order chi connectivity index (χ1) is 12.6. The second-order valence-corrected chi connectivity index (χ2v) is 5.83. The maximum absolute atomic E-state index is 12.2. The van der Waals surface area contributed by atoms with Crippen LogP contribution in [0.25, 0.3) is 0 Å². The van der Waals surface area contributed by atoms with Gasteiger partial charge in [-0.25, -0.2) is 0 Å². The number of hydrogen-bond donors (Lipinski definition) is 2. The molecule has 0 radical (unpaired) electrons. The van der Waals surface area contributed by atoms with Crippen LogP contribution in [-0.4, -0.2) is 33.8 Å². The molecule has 1 amide bonds. The summed E-state index contributed by atoms with van der Waals surface area (Å²) in [7, 11) is 4.77. The van der Waals surface area contributed by atoms with Gasteiger partial charge in [0, 0.05) is 36.7 Å². The lowest BCUT2D eigenvalue weighted by Crippen LogP contribution is -2.29. The quantitative estimate of drug-likeness (QED) is 0.683. The number of nitrogens with two attached hydrogens (primary N) is 1. The van der Waals surface area contributed by atoms with Crippen molar-refractivity contribution in [3.63, 3.8) is 0 Å². The number of hydrogen-bond acceptors (Lipinski definition) is 5. The first kappa shape index (κ1) is 22.6. The number of benzene rings is 2. The maximum atomic E-state index is 12.2. The summed E-state index contributed by atoms with van der Waals surface area (Å²) in [6.07, 6.45) is 0.809. The van der Waals surface area contributed by atoms with Gasteiger partial charge in [-0.1, -0.05) is 30.3 Å². The normalized spacial score (nSPS) is 11.1. The highest BCUT2D eigenvalue weighted by Crippen LogP contribution is 2.34. The second-order valence-electron chi connectivity index (χ2n) is 5.83. The molecule has 0 saturated heterocycles. The van der Waals surface area contributed by atoms with Crippen molar-refractivity contribution in [3.8, 4) is 17.2 Å². The first-order valence-electron chi connectivity index (χ1n) is 8.45. The van der Waals surface area contributed by atoms with Crippen LogP contribution in [0.2, 0.25) is 0 Å². The lowest BCUT2D eigenvalue weighted by molar-refractivity contribution is -0.121. The maximum Gasteiger partial charge on any atom is 0.221 e. The standard InChI is InChI=1S/C20H26N2O4.ClH/c1-24-15-11-18(25-2)16(19(12-15)26-3)9-10-22-20(23)13-17(21)14-7-5-4-6-8-14;/h4-8,11-12,17H,9-10,13,21H2,1-3H3,(H,22,23);1H. The highest BCUT2D eigenvalue weighted by Gasteiger charge is 2.15. The van der Waals surface area contributed by atoms with E-state index in [1.54, 1.807) is 33.5 Å². The average molecular weight is 395 g/mol. The molecule has 7 heteroatoms. The summed E-state index contributed by atoms with van der Waals surface area (Å²) in [5.41, 5.74) is 7.91. The van der Waals surface area contributed by atoms with Crippen LogP contribution < -0.4 is 25.3 Å². The average Bonchev–Trinajstić information content (AvgIpc) is 2.68. The molecule has 0 fully saturated rings. The van der Waals surface area contributed by atoms with Gasteiger partial charge in [-0.15, -0.1) is 12.4 Å². The fourth-order valence-corrected chi connectivity index (χ4v) is 2.74. The molecule has 0 heterocycles. The number of amides is 1. The van der Waals surface area contributed by atoms with Crippen molar-refractivity contribution in [3.05, 3.63) is 53.6 Å². The van der Waals surface area contributed by atoms with Crippen molar-refractivity contribution in [2.24, 2.45) is 5.73 Å². The molecule has 27 heavy (non-hydrogen) atoms. The Labute approximate surface area is 166 Å². The Hall–Kier alpha value is -2.44. The van der Waals surface area contributed by atoms with Gasteiger partial charge >= 0.3 is 0 Å². The number of ether oxygens (including phenoxy) is 3. The van der Waals surface area contributed by atoms with E-state index in [9.17, 15) is 4.79 Å². The van der Waals surface area contributed by atoms with E-state index < -0.39 is 0 Å². The Morgan fingerprint density at radius 1 is 1.04 bits per heavy atom. The van der Waals surface area contributed by atoms with Crippen LogP contribution >= 0.6 is 12.4 Å². The van der Waals surface area contributed by atoms with Gasteiger partial charge in [0.2, 0.25) is 5.91 Å². The Morgan fingerprint density at radius 2 is 1.63 bits per heavy atom. The molecule has 0 spiro atoms. The number of nitrogens with one attached hydrogen (secondary N) is 1. The van der Waals surface area contributed by atoms with E-state index in [4.69, 9.17) is 19.9 Å². The molecule has 3 N–H and O–H groups in total. The molecule has 0 aliphatic carbocycles. The number of carbonyl (C=O) groups excluding carboxylic acids is 1. The highest BCUT2D eigenvalue weighted by atomic mass is 35.5. The Balaban J connectivity index is 0.00000364. The lowest BCUT2D eigenvalue weighted by Gasteiger charge is -2.16. The fourth-order valence-electron chi connectivity index (χ4n) is 2.74. The van der Waals surface area contributed by atoms with Gasteiger partial charge in [-0.05, 0) is 12.0 Å². The topological polar surface area (TPSA) is 82.8 Å². The van der Waals surface area contributed by atoms with Crippen LogP contribution in [0, 0.1) is 0 Å². The van der Waals surface area contributed by atoms with E-state index in [0.29, 0.717) is 30.2 Å². The number of halogens is 1. The minimum Gasteiger partial charge on any atom is -0.496 e. The van der Waals surface area contributed by atoms with Crippen LogP contribution in [0.3, 0.4) is 0 Å². The summed E-state index contributed by atoms with van der Waals surface area (Å²) in [5, 5.41) is 2.90. The molecule has 6 nitrogen and oxygen atoms in total. The number of carbonyl (C=O) groups is 1. The minimum absolute atomic E-state index is 0. The van der Waals surface area contributed by atoms with Gasteiger partial charge in [0.25, 0.3) is 0 Å². The SMILES string of the molecule is COc1cc(OC)c(CCNC(=O)CC(N)c2ccccc2)c(OC)c1.Cl. The Morgan fingerprint density at radius 3 is 2.15 bits per heavy atom. The van der Waals surface area contributed by atoms with Gasteiger partial charge in [-0.3, -0.25) is 4.79 Å². The van der Waals surface area contributed by atoms with E-state index in [1.807, 2.05) is 30.3 Å². The molecule has 0 aromatic heterocycles. The van der Waals surface area contributed by atoms with Crippen LogP contribution in [0.5, 0.6) is 17.2 Å². The zero-order valence-corrected chi connectivity index (χ0v) is 16.7. The highest BCUT2D eigenvalue weighted by molar-refractivity contribution is 5.85. The monoisotopic (exact) mass is 394 g/mol. The van der Waals surface area contributed by atoms with Gasteiger partial charge < -0.3 is 25.3 Å². The smallest absolute Gasteiger partial charge is 0.221 e. The van der Waals surface area contributed by atoms with Crippen molar-refractivity contribution in [1.29, 1.82) is 0 Å². The first-order valence-corrected chi connectivity index (χ1v) is 8.45. The second kappa shape index (κ2) is 11.3. The van der Waals surface area contributed by atoms with Crippen molar-refractivity contribution < 1.29 is 19.0 Å². The molecule has 2 aromatic rings. The molecule has 2 aromatic carbocycles. The van der Waals surface area contributed by atoms with Crippen molar-refractivity contribution in [2.45, 2.75) is 18.9 Å². The minimum atomic E-state index is -0.318. The van der Waals surface area contributed by atoms with Crippen molar-refractivity contribution in [2.75, 3.05) is 27.9 Å². The summed E-state index contributed by atoms with van der Waals surface area (Å²) in [5.74, 6) is 1.89. The summed E-state index contributed by atoms with van der Waals surface area (Å²) in [4.78, 5) is 12.2. The third-order valence-electron chi connectivity index (χ3n) is 4.15. The Kier molecular flexibility index (Phi) is 9.47. The summed E-state index contributed by atoms with van der Waals surface area (Å²) < 4.78 is 16.1. The Bertz CT molecular complexity index is 700. The summed E-state index contributed by atoms with van der Waals surface area (Å²) in [6, 6.07) is 12.9. The molecular formula is C20H27ClN2O4. The number of methoxy groups -OCH3 is 3. The number of rotatable bonds is 9. The predicted octanol–water partition coefficient (Wildman–Crippen LogP) is 2.88. The molecular weight excluding hydrogens is 368 g/mol. The lowest BCUT2D eigenvalue weighted by atomic mass is 10.0.